The van der Waals surface area contributed by atoms with Gasteiger partial charge in [0.05, 0.1) is 16.9 Å². The summed E-state index contributed by atoms with van der Waals surface area (Å²) >= 11 is 6.39. The predicted octanol–water partition coefficient (Wildman–Crippen LogP) is 3.56. The number of hydrogen-bond acceptors (Lipinski definition) is 2. The molecule has 2 rings (SSSR count). The number of benzene rings is 1. The summed E-state index contributed by atoms with van der Waals surface area (Å²) in [5.74, 6) is 0.315. The second-order valence-electron chi connectivity index (χ2n) is 5.58. The van der Waals surface area contributed by atoms with Gasteiger partial charge >= 0.3 is 0 Å². The Morgan fingerprint density at radius 3 is 2.52 bits per heavy atom. The summed E-state index contributed by atoms with van der Waals surface area (Å²) < 4.78 is 1.60. The zero-order chi connectivity index (χ0) is 15.6. The average Bonchev–Trinajstić information content (AvgIpc) is 2.73. The van der Waals surface area contributed by atoms with Gasteiger partial charge in [-0.05, 0) is 25.0 Å². The van der Waals surface area contributed by atoms with Crippen molar-refractivity contribution in [3.63, 3.8) is 0 Å². The summed E-state index contributed by atoms with van der Waals surface area (Å²) in [4.78, 5) is 14.2. The van der Waals surface area contributed by atoms with Crippen molar-refractivity contribution in [1.29, 1.82) is 0 Å². The maximum atomic E-state index is 12.6. The molecule has 0 spiro atoms. The van der Waals surface area contributed by atoms with Crippen LogP contribution in [0.25, 0.3) is 5.69 Å². The third kappa shape index (κ3) is 3.27. The molecule has 1 amide bonds. The van der Waals surface area contributed by atoms with Crippen LogP contribution in [-0.4, -0.2) is 34.2 Å². The van der Waals surface area contributed by atoms with Gasteiger partial charge in [0.15, 0.2) is 0 Å². The van der Waals surface area contributed by atoms with E-state index in [0.717, 1.165) is 5.69 Å². The van der Waals surface area contributed by atoms with Gasteiger partial charge in [-0.15, -0.1) is 0 Å². The first-order chi connectivity index (χ1) is 9.91. The third-order valence-electron chi connectivity index (χ3n) is 3.20. The fraction of sp³-hybridized carbons (Fsp3) is 0.375. The first-order valence-electron chi connectivity index (χ1n) is 6.97. The Balaban J connectivity index is 2.38. The Bertz CT molecular complexity index is 634. The van der Waals surface area contributed by atoms with Crippen LogP contribution in [0, 0.1) is 12.8 Å². The van der Waals surface area contributed by atoms with Crippen molar-refractivity contribution in [2.45, 2.75) is 20.8 Å². The second-order valence-corrected chi connectivity index (χ2v) is 5.94. The SMILES string of the molecule is Cc1nn(-c2ccccc2)c(Cl)c1C(=O)N(C)CC(C)C. The number of carbonyl (C=O) groups is 1. The highest BCUT2D eigenvalue weighted by Gasteiger charge is 2.24. The molecule has 0 aliphatic rings. The standard InChI is InChI=1S/C16H20ClN3O/c1-11(2)10-19(4)16(21)14-12(3)18-20(15(14)17)13-8-6-5-7-9-13/h5-9,11H,10H2,1-4H3. The molecule has 0 radical (unpaired) electrons. The van der Waals surface area contributed by atoms with Crippen molar-refractivity contribution in [1.82, 2.24) is 14.7 Å². The Morgan fingerprint density at radius 1 is 1.33 bits per heavy atom. The molecule has 112 valence electrons. The molecule has 0 saturated carbocycles. The molecule has 1 heterocycles. The van der Waals surface area contributed by atoms with E-state index in [1.54, 1.807) is 16.6 Å². The molecule has 21 heavy (non-hydrogen) atoms. The Kier molecular flexibility index (Phi) is 4.68. The van der Waals surface area contributed by atoms with Crippen molar-refractivity contribution in [3.05, 3.63) is 46.7 Å². The van der Waals surface area contributed by atoms with E-state index >= 15 is 0 Å². The minimum atomic E-state index is -0.0895. The van der Waals surface area contributed by atoms with E-state index in [1.165, 1.54) is 0 Å². The van der Waals surface area contributed by atoms with Gasteiger partial charge in [0.25, 0.3) is 5.91 Å². The zero-order valence-electron chi connectivity index (χ0n) is 12.8. The highest BCUT2D eigenvalue weighted by molar-refractivity contribution is 6.33. The van der Waals surface area contributed by atoms with Gasteiger partial charge in [-0.1, -0.05) is 43.6 Å². The number of amides is 1. The van der Waals surface area contributed by atoms with Crippen LogP contribution >= 0.6 is 11.6 Å². The number of carbonyl (C=O) groups excluding carboxylic acids is 1. The van der Waals surface area contributed by atoms with Crippen LogP contribution < -0.4 is 0 Å². The van der Waals surface area contributed by atoms with Crippen LogP contribution in [0.4, 0.5) is 0 Å². The van der Waals surface area contributed by atoms with Gasteiger partial charge in [-0.2, -0.15) is 5.10 Å². The molecule has 0 aliphatic carbocycles. The summed E-state index contributed by atoms with van der Waals surface area (Å²) in [7, 11) is 1.79. The molecule has 0 N–H and O–H groups in total. The molecule has 4 nitrogen and oxygen atoms in total. The number of aromatic nitrogens is 2. The van der Waals surface area contributed by atoms with Crippen molar-refractivity contribution in [2.24, 2.45) is 5.92 Å². The van der Waals surface area contributed by atoms with Crippen molar-refractivity contribution >= 4 is 17.5 Å². The zero-order valence-corrected chi connectivity index (χ0v) is 13.6. The first-order valence-corrected chi connectivity index (χ1v) is 7.35. The summed E-state index contributed by atoms with van der Waals surface area (Å²) in [6.45, 7) is 6.64. The highest BCUT2D eigenvalue weighted by atomic mass is 35.5. The number of nitrogens with zero attached hydrogens (tertiary/aromatic N) is 3. The van der Waals surface area contributed by atoms with Crippen molar-refractivity contribution in [3.8, 4) is 5.69 Å². The fourth-order valence-corrected chi connectivity index (χ4v) is 2.66. The van der Waals surface area contributed by atoms with E-state index in [9.17, 15) is 4.79 Å². The maximum Gasteiger partial charge on any atom is 0.258 e. The smallest absolute Gasteiger partial charge is 0.258 e. The van der Waals surface area contributed by atoms with E-state index in [0.29, 0.717) is 28.9 Å². The highest BCUT2D eigenvalue weighted by Crippen LogP contribution is 2.24. The topological polar surface area (TPSA) is 38.1 Å². The van der Waals surface area contributed by atoms with Crippen LogP contribution in [0.5, 0.6) is 0 Å². The minimum absolute atomic E-state index is 0.0895. The van der Waals surface area contributed by atoms with E-state index < -0.39 is 0 Å². The van der Waals surface area contributed by atoms with Crippen LogP contribution in [0.3, 0.4) is 0 Å². The lowest BCUT2D eigenvalue weighted by molar-refractivity contribution is 0.0778. The largest absolute Gasteiger partial charge is 0.341 e. The molecule has 5 heteroatoms. The summed E-state index contributed by atoms with van der Waals surface area (Å²) in [5.41, 5.74) is 1.96. The van der Waals surface area contributed by atoms with Crippen molar-refractivity contribution < 1.29 is 4.79 Å². The number of rotatable bonds is 4. The average molecular weight is 306 g/mol. The van der Waals surface area contributed by atoms with Crippen molar-refractivity contribution in [2.75, 3.05) is 13.6 Å². The lowest BCUT2D eigenvalue weighted by atomic mass is 10.2. The molecule has 0 bridgehead atoms. The van der Waals surface area contributed by atoms with Gasteiger partial charge in [-0.25, -0.2) is 4.68 Å². The molecular weight excluding hydrogens is 286 g/mol. The molecule has 1 aromatic carbocycles. The summed E-state index contributed by atoms with van der Waals surface area (Å²) in [6, 6.07) is 9.56. The van der Waals surface area contributed by atoms with E-state index in [2.05, 4.69) is 18.9 Å². The Hall–Kier alpha value is -1.81. The summed E-state index contributed by atoms with van der Waals surface area (Å²) in [5, 5.41) is 4.76. The number of halogens is 1. The predicted molar refractivity (Wildman–Crippen MR) is 85.1 cm³/mol. The first kappa shape index (κ1) is 15.6. The van der Waals surface area contributed by atoms with Gasteiger partial charge in [0.2, 0.25) is 0 Å². The van der Waals surface area contributed by atoms with Crippen LogP contribution in [0.2, 0.25) is 5.15 Å². The van der Waals surface area contributed by atoms with E-state index in [1.807, 2.05) is 37.3 Å². The molecule has 2 aromatic rings. The Morgan fingerprint density at radius 2 is 1.95 bits per heavy atom. The minimum Gasteiger partial charge on any atom is -0.341 e. The quantitative estimate of drug-likeness (QED) is 0.866. The molecule has 0 unspecified atom stereocenters. The fourth-order valence-electron chi connectivity index (χ4n) is 2.30. The number of hydrogen-bond donors (Lipinski definition) is 0. The monoisotopic (exact) mass is 305 g/mol. The van der Waals surface area contributed by atoms with Crippen LogP contribution in [0.15, 0.2) is 30.3 Å². The normalized spacial score (nSPS) is 11.0. The molecule has 0 fully saturated rings. The lowest BCUT2D eigenvalue weighted by Crippen LogP contribution is -2.30. The molecule has 0 saturated heterocycles. The summed E-state index contributed by atoms with van der Waals surface area (Å²) in [6.07, 6.45) is 0. The van der Waals surface area contributed by atoms with Gasteiger partial charge in [0.1, 0.15) is 5.15 Å². The van der Waals surface area contributed by atoms with Crippen LogP contribution in [0.1, 0.15) is 29.9 Å². The number of aryl methyl sites for hydroxylation is 1. The van der Waals surface area contributed by atoms with Gasteiger partial charge in [-0.3, -0.25) is 4.79 Å². The third-order valence-corrected chi connectivity index (χ3v) is 3.55. The number of para-hydroxylation sites is 1. The molecule has 1 aromatic heterocycles. The van der Waals surface area contributed by atoms with E-state index in [4.69, 9.17) is 11.6 Å². The lowest BCUT2D eigenvalue weighted by Gasteiger charge is -2.19. The molecular formula is C16H20ClN3O. The van der Waals surface area contributed by atoms with Gasteiger partial charge < -0.3 is 4.90 Å². The van der Waals surface area contributed by atoms with Crippen LogP contribution in [-0.2, 0) is 0 Å². The second kappa shape index (κ2) is 6.31. The molecule has 0 aliphatic heterocycles. The van der Waals surface area contributed by atoms with Gasteiger partial charge in [0, 0.05) is 13.6 Å². The molecule has 0 atom stereocenters. The van der Waals surface area contributed by atoms with E-state index in [-0.39, 0.29) is 5.91 Å². The maximum absolute atomic E-state index is 12.6. The Labute approximate surface area is 130 Å².